The minimum Gasteiger partial charge on any atom is -0.504 e. The number of nitrogens with one attached hydrogen (secondary N) is 5. The number of aromatic hydroxyl groups is 1. The number of carbonyl (C=O) groups excluding carboxylic acids is 8. The molecule has 3 saturated heterocycles. The number of carbonyl (C=O) groups is 8. The van der Waals surface area contributed by atoms with Crippen LogP contribution in [0.15, 0.2) is 18.2 Å². The number of primary amides is 1. The van der Waals surface area contributed by atoms with Crippen LogP contribution >= 0.6 is 0 Å². The van der Waals surface area contributed by atoms with Crippen molar-refractivity contribution in [3.8, 4) is 11.5 Å². The molecule has 3 heterocycles. The van der Waals surface area contributed by atoms with E-state index in [1.54, 1.807) is 0 Å². The highest BCUT2D eigenvalue weighted by molar-refractivity contribution is 7.81. The number of amides is 8. The summed E-state index contributed by atoms with van der Waals surface area (Å²) < 4.78 is 36.6. The van der Waals surface area contributed by atoms with Crippen molar-refractivity contribution in [3.05, 3.63) is 23.8 Å². The Balaban J connectivity index is 1.69. The van der Waals surface area contributed by atoms with Crippen molar-refractivity contribution in [1.29, 1.82) is 0 Å². The summed E-state index contributed by atoms with van der Waals surface area (Å²) in [5, 5.41) is 99.3. The van der Waals surface area contributed by atoms with Gasteiger partial charge in [0, 0.05) is 44.7 Å². The summed E-state index contributed by atoms with van der Waals surface area (Å²) in [6.45, 7) is 1.31. The Hall–Kier alpha value is -5.79. The molecule has 3 fully saturated rings. The normalized spacial score (nSPS) is 27.6. The topological polar surface area (TPSA) is 455 Å². The number of aliphatic hydroxyl groups is 7. The average Bonchev–Trinajstić information content (AvgIpc) is 3.99. The van der Waals surface area contributed by atoms with Gasteiger partial charge in [0.1, 0.15) is 42.4 Å². The third-order valence-corrected chi connectivity index (χ3v) is 14.6. The quantitative estimate of drug-likeness (QED) is 0.0353. The third-order valence-electron chi connectivity index (χ3n) is 14.2. The molecule has 79 heavy (non-hydrogen) atoms. The maximum atomic E-state index is 14.5. The Bertz CT molecular complexity index is 2370. The number of rotatable bonds is 24. The number of aliphatic hydroxyl groups excluding tert-OH is 7. The van der Waals surface area contributed by atoms with E-state index in [9.17, 15) is 92.2 Å². The van der Waals surface area contributed by atoms with Gasteiger partial charge in [0.25, 0.3) is 0 Å². The van der Waals surface area contributed by atoms with E-state index in [1.165, 1.54) is 45.4 Å². The van der Waals surface area contributed by atoms with Crippen molar-refractivity contribution in [2.45, 2.75) is 202 Å². The zero-order valence-electron chi connectivity index (χ0n) is 44.5. The van der Waals surface area contributed by atoms with Crippen LogP contribution in [-0.4, -0.2) is 204 Å². The number of fused-ring (bicyclic) bond motifs is 2. The Morgan fingerprint density at radius 2 is 1.35 bits per heavy atom. The zero-order chi connectivity index (χ0) is 58.7. The first-order valence-electron chi connectivity index (χ1n) is 26.8. The van der Waals surface area contributed by atoms with Gasteiger partial charge in [0.15, 0.2) is 17.7 Å². The summed E-state index contributed by atoms with van der Waals surface area (Å²) in [4.78, 5) is 112. The van der Waals surface area contributed by atoms with Gasteiger partial charge < -0.3 is 87.2 Å². The third kappa shape index (κ3) is 20.1. The molecule has 16 N–H and O–H groups in total. The maximum absolute atomic E-state index is 14.5. The Labute approximate surface area is 458 Å². The molecule has 0 spiro atoms. The van der Waals surface area contributed by atoms with Crippen LogP contribution < -0.4 is 36.5 Å². The summed E-state index contributed by atoms with van der Waals surface area (Å²) in [7, 11) is -5.23. The highest BCUT2D eigenvalue weighted by Crippen LogP contribution is 2.30. The minimum atomic E-state index is -5.23. The lowest BCUT2D eigenvalue weighted by atomic mass is 9.98. The number of nitrogens with two attached hydrogens (primary N) is 1. The van der Waals surface area contributed by atoms with Crippen LogP contribution in [0, 0.1) is 5.92 Å². The van der Waals surface area contributed by atoms with Gasteiger partial charge in [-0.3, -0.25) is 42.9 Å². The molecule has 0 aliphatic carbocycles. The second-order valence-corrected chi connectivity index (χ2v) is 21.7. The van der Waals surface area contributed by atoms with Gasteiger partial charge in [-0.1, -0.05) is 97.0 Å². The minimum absolute atomic E-state index is 0.0933. The molecule has 0 radical (unpaired) electrons. The molecule has 3 aliphatic heterocycles. The molecule has 446 valence electrons. The number of nitrogens with zero attached hydrogens (tertiary/aromatic N) is 2. The molecule has 1 aromatic rings. The second kappa shape index (κ2) is 31.3. The highest BCUT2D eigenvalue weighted by atomic mass is 32.3. The van der Waals surface area contributed by atoms with Crippen LogP contribution in [0.1, 0.15) is 129 Å². The standard InChI is InChI=1S/C50H80N8O20S/c1-3-4-5-6-7-8-9-10-11-12-13-14-15-16-39(66)52-30-22-36(64)46(70)56-48(72)42-43(67)27(2)24-58(42)50(74)41(35(63)23-38(51)65)55-47(71)40(34(62)19-28-17-18-33(61)37(20-28)78-79(75,76)77)54-45(69)32-21-29(60)25-57(32)49(73)31(26-59)53-44(30)68/h17-18,20,27,29-32,34-36,40-43,46,59-64,67,70H,3-16,19,21-26H2,1-2H3,(H2,51,65)(H,52,66)(H,53,68)(H,54,69)(H,55,71)(H,56,72)(H,75,76,77)/t27-,29+,30-,31-,32-,34+,35+,36+,40-,41-,42-,43-,46+/m0/s1. The Morgan fingerprint density at radius 3 is 1.94 bits per heavy atom. The van der Waals surface area contributed by atoms with Crippen molar-refractivity contribution in [2.24, 2.45) is 11.7 Å². The molecule has 28 nitrogen and oxygen atoms in total. The number of unbranched alkanes of at least 4 members (excludes halogenated alkanes) is 12. The molecule has 0 aromatic heterocycles. The largest absolute Gasteiger partial charge is 0.504 e. The van der Waals surface area contributed by atoms with Crippen LogP contribution in [0.3, 0.4) is 0 Å². The molecule has 8 amide bonds. The van der Waals surface area contributed by atoms with Gasteiger partial charge in [-0.15, -0.1) is 0 Å². The maximum Gasteiger partial charge on any atom is 0.446 e. The number of phenols is 1. The lowest BCUT2D eigenvalue weighted by Gasteiger charge is -2.33. The van der Waals surface area contributed by atoms with Crippen molar-refractivity contribution in [2.75, 3.05) is 19.7 Å². The summed E-state index contributed by atoms with van der Waals surface area (Å²) in [6.07, 6.45) is -1.90. The van der Waals surface area contributed by atoms with E-state index >= 15 is 0 Å². The molecule has 29 heteroatoms. The van der Waals surface area contributed by atoms with E-state index in [-0.39, 0.29) is 12.0 Å². The summed E-state index contributed by atoms with van der Waals surface area (Å²) in [6, 6.07) is -9.25. The summed E-state index contributed by atoms with van der Waals surface area (Å²) >= 11 is 0. The van der Waals surface area contributed by atoms with Gasteiger partial charge in [-0.05, 0) is 24.1 Å². The Morgan fingerprint density at radius 1 is 0.759 bits per heavy atom. The fourth-order valence-electron chi connectivity index (χ4n) is 9.89. The fraction of sp³-hybridized carbons (Fsp3) is 0.720. The van der Waals surface area contributed by atoms with Crippen molar-refractivity contribution in [3.63, 3.8) is 0 Å². The molecule has 0 unspecified atom stereocenters. The van der Waals surface area contributed by atoms with Crippen LogP contribution in [0.25, 0.3) is 0 Å². The predicted molar refractivity (Wildman–Crippen MR) is 277 cm³/mol. The molecule has 13 atom stereocenters. The van der Waals surface area contributed by atoms with E-state index < -0.39 is 193 Å². The number of hydrogen-bond donors (Lipinski definition) is 15. The monoisotopic (exact) mass is 1140 g/mol. The van der Waals surface area contributed by atoms with Gasteiger partial charge in [0.05, 0.1) is 37.4 Å². The molecule has 3 aliphatic rings. The fourth-order valence-corrected chi connectivity index (χ4v) is 10.3. The molecular formula is C50H80N8O20S. The van der Waals surface area contributed by atoms with Gasteiger partial charge in [-0.2, -0.15) is 8.42 Å². The Kier molecular flexibility index (Phi) is 26.0. The van der Waals surface area contributed by atoms with Gasteiger partial charge in [-0.25, -0.2) is 0 Å². The van der Waals surface area contributed by atoms with Gasteiger partial charge in [0.2, 0.25) is 47.3 Å². The van der Waals surface area contributed by atoms with Crippen LogP contribution in [0.2, 0.25) is 0 Å². The average molecular weight is 1150 g/mol. The van der Waals surface area contributed by atoms with E-state index in [0.29, 0.717) is 17.7 Å². The number of hydrogen-bond acceptors (Lipinski definition) is 19. The van der Waals surface area contributed by atoms with Crippen LogP contribution in [0.5, 0.6) is 11.5 Å². The van der Waals surface area contributed by atoms with E-state index in [4.69, 9.17) is 5.73 Å². The lowest BCUT2D eigenvalue weighted by Crippen LogP contribution is -2.64. The van der Waals surface area contributed by atoms with Crippen LogP contribution in [0.4, 0.5) is 0 Å². The van der Waals surface area contributed by atoms with E-state index in [2.05, 4.69) is 37.7 Å². The molecule has 0 bridgehead atoms. The smallest absolute Gasteiger partial charge is 0.446 e. The summed E-state index contributed by atoms with van der Waals surface area (Å²) in [5.74, 6) is -12.4. The summed E-state index contributed by atoms with van der Waals surface area (Å²) in [5.41, 5.74) is 5.20. The highest BCUT2D eigenvalue weighted by Gasteiger charge is 2.50. The van der Waals surface area contributed by atoms with Crippen LogP contribution in [-0.2, 0) is 55.2 Å². The number of benzene rings is 1. The molecule has 0 saturated carbocycles. The van der Waals surface area contributed by atoms with E-state index in [1.807, 2.05) is 0 Å². The zero-order valence-corrected chi connectivity index (χ0v) is 45.3. The first-order valence-corrected chi connectivity index (χ1v) is 28.2. The van der Waals surface area contributed by atoms with Crippen molar-refractivity contribution >= 4 is 57.7 Å². The molecular weight excluding hydrogens is 1060 g/mol. The molecule has 1 aromatic carbocycles. The lowest BCUT2D eigenvalue weighted by molar-refractivity contribution is -0.148. The second-order valence-electron chi connectivity index (χ2n) is 20.7. The van der Waals surface area contributed by atoms with Gasteiger partial charge >= 0.3 is 10.4 Å². The first kappa shape index (κ1) is 65.7. The van der Waals surface area contributed by atoms with E-state index in [0.717, 1.165) is 55.2 Å². The first-order chi connectivity index (χ1) is 37.3. The van der Waals surface area contributed by atoms with Crippen molar-refractivity contribution in [1.82, 2.24) is 36.4 Å². The number of phenolic OH excluding ortho intramolecular Hbond substituents is 1. The van der Waals surface area contributed by atoms with Crippen molar-refractivity contribution < 1.29 is 96.4 Å². The predicted octanol–water partition coefficient (Wildman–Crippen LogP) is -3.50. The molecule has 4 rings (SSSR count). The SMILES string of the molecule is CCCCCCCCCCCCCCCC(=O)N[C@H]1C[C@@H](O)[C@@H](O)NC(=O)[C@@H]2[C@@H](O)[C@@H](C)CN2C(=O)[C@H]([C@H](O)CC(N)=O)NC(=O)[C@H]([C@H](O)Cc2ccc(O)c(OS(=O)(=O)O)c2)NC(=O)[C@@H]2C[C@@H](O)CN2C(=O)[C@H](CO)NC1=O.